The van der Waals surface area contributed by atoms with Crippen molar-refractivity contribution in [3.05, 3.63) is 29.1 Å². The smallest absolute Gasteiger partial charge is 0.127 e. The Morgan fingerprint density at radius 3 is 3.07 bits per heavy atom. The van der Waals surface area contributed by atoms with Gasteiger partial charge in [-0.25, -0.2) is 4.39 Å². The summed E-state index contributed by atoms with van der Waals surface area (Å²) >= 11 is 0. The van der Waals surface area contributed by atoms with Gasteiger partial charge >= 0.3 is 0 Å². The molecule has 0 saturated carbocycles. The van der Waals surface area contributed by atoms with E-state index in [1.54, 1.807) is 6.07 Å². The Balaban J connectivity index is 2.41. The van der Waals surface area contributed by atoms with Crippen LogP contribution in [0, 0.1) is 12.7 Å². The Kier molecular flexibility index (Phi) is 2.91. The van der Waals surface area contributed by atoms with E-state index < -0.39 is 0 Å². The average Bonchev–Trinajstić information content (AvgIpc) is 2.19. The summed E-state index contributed by atoms with van der Waals surface area (Å²) < 4.78 is 18.9. The number of rotatable bonds is 2. The molecule has 1 atom stereocenters. The normalized spacial score (nSPS) is 19.5. The minimum absolute atomic E-state index is 0.181. The zero-order valence-corrected chi connectivity index (χ0v) is 9.14. The number of nitrogens with one attached hydrogen (secondary N) is 1. The van der Waals surface area contributed by atoms with Gasteiger partial charge in [0.15, 0.2) is 0 Å². The minimum Gasteiger partial charge on any atom is -0.493 e. The van der Waals surface area contributed by atoms with Gasteiger partial charge < -0.3 is 10.1 Å². The quantitative estimate of drug-likeness (QED) is 0.808. The van der Waals surface area contributed by atoms with Crippen LogP contribution in [0.1, 0.15) is 30.5 Å². The highest BCUT2D eigenvalue weighted by molar-refractivity contribution is 5.44. The molecule has 1 aliphatic heterocycles. The van der Waals surface area contributed by atoms with Crippen molar-refractivity contribution in [3.63, 3.8) is 0 Å². The van der Waals surface area contributed by atoms with E-state index >= 15 is 0 Å². The van der Waals surface area contributed by atoms with Gasteiger partial charge in [0.1, 0.15) is 11.6 Å². The van der Waals surface area contributed by atoms with Crippen LogP contribution in [0.5, 0.6) is 5.75 Å². The first-order valence-corrected chi connectivity index (χ1v) is 5.38. The molecular weight excluding hydrogens is 193 g/mol. The SMILES string of the molecule is CCNC1CCOc2c(C)cc(F)cc21. The Morgan fingerprint density at radius 2 is 2.33 bits per heavy atom. The van der Waals surface area contributed by atoms with Gasteiger partial charge in [0.25, 0.3) is 0 Å². The Bertz CT molecular complexity index is 365. The van der Waals surface area contributed by atoms with Gasteiger partial charge in [-0.3, -0.25) is 0 Å². The van der Waals surface area contributed by atoms with Crippen LogP contribution in [-0.4, -0.2) is 13.2 Å². The third-order valence-corrected chi connectivity index (χ3v) is 2.75. The standard InChI is InChI=1S/C12H16FNO/c1-3-14-11-4-5-15-12-8(2)6-9(13)7-10(11)12/h6-7,11,14H,3-5H2,1-2H3. The van der Waals surface area contributed by atoms with Crippen LogP contribution in [0.2, 0.25) is 0 Å². The van der Waals surface area contributed by atoms with Gasteiger partial charge in [0.05, 0.1) is 6.61 Å². The van der Waals surface area contributed by atoms with Crippen LogP contribution >= 0.6 is 0 Å². The summed E-state index contributed by atoms with van der Waals surface area (Å²) in [5.41, 5.74) is 1.84. The van der Waals surface area contributed by atoms with Crippen molar-refractivity contribution >= 4 is 0 Å². The van der Waals surface area contributed by atoms with Crippen LogP contribution in [0.4, 0.5) is 4.39 Å². The van der Waals surface area contributed by atoms with Gasteiger partial charge in [-0.15, -0.1) is 0 Å². The van der Waals surface area contributed by atoms with E-state index in [4.69, 9.17) is 4.74 Å². The first-order chi connectivity index (χ1) is 7.22. The van der Waals surface area contributed by atoms with E-state index in [9.17, 15) is 4.39 Å². The summed E-state index contributed by atoms with van der Waals surface area (Å²) in [5.74, 6) is 0.674. The molecule has 1 heterocycles. The van der Waals surface area contributed by atoms with E-state index in [2.05, 4.69) is 12.2 Å². The van der Waals surface area contributed by atoms with Crippen molar-refractivity contribution in [3.8, 4) is 5.75 Å². The topological polar surface area (TPSA) is 21.3 Å². The van der Waals surface area contributed by atoms with Crippen LogP contribution in [0.25, 0.3) is 0 Å². The molecule has 1 unspecified atom stereocenters. The molecule has 82 valence electrons. The van der Waals surface area contributed by atoms with Crippen molar-refractivity contribution in [2.24, 2.45) is 0 Å². The number of benzene rings is 1. The second kappa shape index (κ2) is 4.19. The Hall–Kier alpha value is -1.09. The average molecular weight is 209 g/mol. The minimum atomic E-state index is -0.181. The van der Waals surface area contributed by atoms with Crippen LogP contribution in [0.15, 0.2) is 12.1 Å². The molecule has 0 aliphatic carbocycles. The molecule has 3 heteroatoms. The molecule has 0 radical (unpaired) electrons. The van der Waals surface area contributed by atoms with Crippen LogP contribution in [-0.2, 0) is 0 Å². The van der Waals surface area contributed by atoms with Gasteiger partial charge in [-0.1, -0.05) is 6.92 Å². The number of aryl methyl sites for hydroxylation is 1. The Labute approximate surface area is 89.4 Å². The predicted molar refractivity (Wildman–Crippen MR) is 57.7 cm³/mol. The third-order valence-electron chi connectivity index (χ3n) is 2.75. The number of fused-ring (bicyclic) bond motifs is 1. The summed E-state index contributed by atoms with van der Waals surface area (Å²) in [5, 5.41) is 3.35. The van der Waals surface area contributed by atoms with Crippen LogP contribution < -0.4 is 10.1 Å². The zero-order valence-electron chi connectivity index (χ0n) is 9.14. The molecule has 1 aromatic carbocycles. The number of hydrogen-bond donors (Lipinski definition) is 1. The summed E-state index contributed by atoms with van der Waals surface area (Å²) in [6, 6.07) is 3.33. The molecular formula is C12H16FNO. The summed E-state index contributed by atoms with van der Waals surface area (Å²) in [6.07, 6.45) is 0.906. The molecule has 1 aromatic rings. The van der Waals surface area contributed by atoms with Crippen molar-refractivity contribution in [2.45, 2.75) is 26.3 Å². The van der Waals surface area contributed by atoms with Crippen molar-refractivity contribution in [1.29, 1.82) is 0 Å². The molecule has 2 rings (SSSR count). The van der Waals surface area contributed by atoms with E-state index in [0.717, 1.165) is 29.8 Å². The third kappa shape index (κ3) is 1.97. The largest absolute Gasteiger partial charge is 0.493 e. The van der Waals surface area contributed by atoms with Gasteiger partial charge in [-0.05, 0) is 31.2 Å². The van der Waals surface area contributed by atoms with E-state index in [0.29, 0.717) is 6.61 Å². The first kappa shape index (κ1) is 10.4. The molecule has 0 fully saturated rings. The van der Waals surface area contributed by atoms with Gasteiger partial charge in [-0.2, -0.15) is 0 Å². The second-order valence-electron chi connectivity index (χ2n) is 3.89. The highest BCUT2D eigenvalue weighted by Crippen LogP contribution is 2.35. The highest BCUT2D eigenvalue weighted by atomic mass is 19.1. The van der Waals surface area contributed by atoms with Crippen LogP contribution in [0.3, 0.4) is 0 Å². The first-order valence-electron chi connectivity index (χ1n) is 5.38. The molecule has 0 saturated heterocycles. The lowest BCUT2D eigenvalue weighted by Gasteiger charge is -2.27. The summed E-state index contributed by atoms with van der Waals surface area (Å²) in [7, 11) is 0. The molecule has 0 aromatic heterocycles. The van der Waals surface area contributed by atoms with Crippen molar-refractivity contribution in [1.82, 2.24) is 5.32 Å². The number of ether oxygens (including phenoxy) is 1. The lowest BCUT2D eigenvalue weighted by Crippen LogP contribution is -2.27. The van der Waals surface area contributed by atoms with Gasteiger partial charge in [0.2, 0.25) is 0 Å². The van der Waals surface area contributed by atoms with Gasteiger partial charge in [0, 0.05) is 18.0 Å². The lowest BCUT2D eigenvalue weighted by molar-refractivity contribution is 0.251. The maximum Gasteiger partial charge on any atom is 0.127 e. The summed E-state index contributed by atoms with van der Waals surface area (Å²) in [4.78, 5) is 0. The molecule has 0 bridgehead atoms. The maximum absolute atomic E-state index is 13.3. The van der Waals surface area contributed by atoms with E-state index in [-0.39, 0.29) is 11.9 Å². The fraction of sp³-hybridized carbons (Fsp3) is 0.500. The van der Waals surface area contributed by atoms with Crippen molar-refractivity contribution < 1.29 is 9.13 Å². The molecule has 15 heavy (non-hydrogen) atoms. The lowest BCUT2D eigenvalue weighted by atomic mass is 9.98. The Morgan fingerprint density at radius 1 is 1.53 bits per heavy atom. The highest BCUT2D eigenvalue weighted by Gasteiger charge is 2.22. The number of halogens is 1. The number of hydrogen-bond acceptors (Lipinski definition) is 2. The second-order valence-corrected chi connectivity index (χ2v) is 3.89. The fourth-order valence-corrected chi connectivity index (χ4v) is 2.10. The summed E-state index contributed by atoms with van der Waals surface area (Å²) in [6.45, 7) is 5.54. The van der Waals surface area contributed by atoms with E-state index in [1.807, 2.05) is 6.92 Å². The maximum atomic E-state index is 13.3. The molecule has 0 amide bonds. The predicted octanol–water partition coefficient (Wildman–Crippen LogP) is 2.57. The molecule has 2 nitrogen and oxygen atoms in total. The van der Waals surface area contributed by atoms with Crippen molar-refractivity contribution in [2.75, 3.05) is 13.2 Å². The molecule has 0 spiro atoms. The molecule has 1 aliphatic rings. The monoisotopic (exact) mass is 209 g/mol. The zero-order chi connectivity index (χ0) is 10.8. The fourth-order valence-electron chi connectivity index (χ4n) is 2.10. The molecule has 1 N–H and O–H groups in total. The van der Waals surface area contributed by atoms with E-state index in [1.165, 1.54) is 6.07 Å².